The predicted molar refractivity (Wildman–Crippen MR) is 111 cm³/mol. The van der Waals surface area contributed by atoms with Crippen molar-refractivity contribution in [2.24, 2.45) is 4.99 Å². The van der Waals surface area contributed by atoms with Gasteiger partial charge in [-0.2, -0.15) is 0 Å². The summed E-state index contributed by atoms with van der Waals surface area (Å²) in [5.74, 6) is 0.815. The Morgan fingerprint density at radius 1 is 1.12 bits per heavy atom. The van der Waals surface area contributed by atoms with Crippen LogP contribution in [0.2, 0.25) is 0 Å². The Bertz CT molecular complexity index is 490. The number of nitrogens with zero attached hydrogens (tertiary/aromatic N) is 2. The third kappa shape index (κ3) is 7.36. The number of ether oxygens (including phenoxy) is 1. The lowest BCUT2D eigenvalue weighted by molar-refractivity contribution is 0.203. The van der Waals surface area contributed by atoms with Crippen LogP contribution in [0, 0.1) is 0 Å². The summed E-state index contributed by atoms with van der Waals surface area (Å²) in [4.78, 5) is 6.81. The average Bonchev–Trinajstić information content (AvgIpc) is 2.60. The van der Waals surface area contributed by atoms with Crippen molar-refractivity contribution in [1.29, 1.82) is 0 Å². The molecular weight excluding hydrogens is 415 g/mol. The van der Waals surface area contributed by atoms with Gasteiger partial charge >= 0.3 is 0 Å². The molecule has 1 aliphatic heterocycles. The third-order valence-corrected chi connectivity index (χ3v) is 4.23. The fourth-order valence-electron chi connectivity index (χ4n) is 2.91. The molecular formula is C18H31IN4O. The molecule has 136 valence electrons. The number of hydrogen-bond donors (Lipinski definition) is 2. The van der Waals surface area contributed by atoms with Gasteiger partial charge in [0.25, 0.3) is 0 Å². The van der Waals surface area contributed by atoms with Gasteiger partial charge in [0.15, 0.2) is 5.96 Å². The predicted octanol–water partition coefficient (Wildman–Crippen LogP) is 2.60. The van der Waals surface area contributed by atoms with Gasteiger partial charge in [0.05, 0.1) is 6.61 Å². The average molecular weight is 446 g/mol. The highest BCUT2D eigenvalue weighted by Crippen LogP contribution is 2.16. The number of likely N-dealkylation sites (tertiary alicyclic amines) is 1. The van der Waals surface area contributed by atoms with E-state index < -0.39 is 0 Å². The number of benzene rings is 1. The number of piperidine rings is 1. The maximum Gasteiger partial charge on any atom is 0.191 e. The van der Waals surface area contributed by atoms with Gasteiger partial charge in [-0.05, 0) is 37.1 Å². The normalized spacial score (nSPS) is 15.7. The number of aliphatic imine (C=N–C) groups is 1. The lowest BCUT2D eigenvalue weighted by Gasteiger charge is -2.27. The van der Waals surface area contributed by atoms with Gasteiger partial charge in [0, 0.05) is 33.8 Å². The summed E-state index contributed by atoms with van der Waals surface area (Å²) in [5, 5.41) is 6.63. The van der Waals surface area contributed by atoms with Crippen LogP contribution in [0.4, 0.5) is 0 Å². The van der Waals surface area contributed by atoms with Gasteiger partial charge in [-0.25, -0.2) is 0 Å². The molecule has 0 aliphatic carbocycles. The van der Waals surface area contributed by atoms with Crippen molar-refractivity contribution in [3.8, 4) is 0 Å². The summed E-state index contributed by atoms with van der Waals surface area (Å²) in [6.07, 6.45) is 4.04. The minimum atomic E-state index is 0. The Balaban J connectivity index is 0.00000288. The molecule has 0 amide bonds. The summed E-state index contributed by atoms with van der Waals surface area (Å²) in [6.45, 7) is 5.71. The Labute approximate surface area is 163 Å². The molecule has 6 heteroatoms. The Morgan fingerprint density at radius 2 is 1.83 bits per heavy atom. The Morgan fingerprint density at radius 3 is 2.50 bits per heavy atom. The first-order chi connectivity index (χ1) is 11.3. The Hall–Kier alpha value is -0.860. The quantitative estimate of drug-likeness (QED) is 0.293. The van der Waals surface area contributed by atoms with E-state index in [1.165, 1.54) is 43.5 Å². The first-order valence-electron chi connectivity index (χ1n) is 8.56. The summed E-state index contributed by atoms with van der Waals surface area (Å²) in [5.41, 5.74) is 2.75. The second-order valence-electron chi connectivity index (χ2n) is 5.95. The highest BCUT2D eigenvalue weighted by molar-refractivity contribution is 14.0. The molecule has 0 unspecified atom stereocenters. The molecule has 1 aliphatic rings. The minimum absolute atomic E-state index is 0. The van der Waals surface area contributed by atoms with E-state index in [0.29, 0.717) is 6.61 Å². The van der Waals surface area contributed by atoms with Gasteiger partial charge in [-0.3, -0.25) is 9.89 Å². The molecule has 0 radical (unpaired) electrons. The highest BCUT2D eigenvalue weighted by Gasteiger charge is 2.12. The molecule has 1 aromatic rings. The van der Waals surface area contributed by atoms with Crippen LogP contribution in [0.3, 0.4) is 0 Å². The number of hydrogen-bond acceptors (Lipinski definition) is 3. The van der Waals surface area contributed by atoms with E-state index in [9.17, 15) is 0 Å². The molecule has 24 heavy (non-hydrogen) atoms. The largest absolute Gasteiger partial charge is 0.383 e. The molecule has 1 fully saturated rings. The smallest absolute Gasteiger partial charge is 0.191 e. The molecule has 0 saturated carbocycles. The fraction of sp³-hybridized carbons (Fsp3) is 0.611. The van der Waals surface area contributed by atoms with Gasteiger partial charge in [0.2, 0.25) is 0 Å². The Kier molecular flexibility index (Phi) is 11.0. The first-order valence-corrected chi connectivity index (χ1v) is 8.56. The van der Waals surface area contributed by atoms with Crippen molar-refractivity contribution < 1.29 is 4.74 Å². The van der Waals surface area contributed by atoms with Gasteiger partial charge in [-0.15, -0.1) is 24.0 Å². The third-order valence-electron chi connectivity index (χ3n) is 4.23. The van der Waals surface area contributed by atoms with Crippen LogP contribution in [-0.2, 0) is 17.8 Å². The van der Waals surface area contributed by atoms with E-state index in [1.54, 1.807) is 14.2 Å². The van der Waals surface area contributed by atoms with E-state index in [1.807, 2.05) is 0 Å². The highest BCUT2D eigenvalue weighted by atomic mass is 127. The zero-order valence-corrected chi connectivity index (χ0v) is 17.2. The summed E-state index contributed by atoms with van der Waals surface area (Å²) in [7, 11) is 3.50. The minimum Gasteiger partial charge on any atom is -0.383 e. The number of halogens is 1. The van der Waals surface area contributed by atoms with E-state index >= 15 is 0 Å². The van der Waals surface area contributed by atoms with Crippen LogP contribution in [0.5, 0.6) is 0 Å². The molecule has 0 atom stereocenters. The van der Waals surface area contributed by atoms with E-state index in [2.05, 4.69) is 44.8 Å². The molecule has 1 aromatic carbocycles. The van der Waals surface area contributed by atoms with Crippen molar-refractivity contribution >= 4 is 29.9 Å². The second-order valence-corrected chi connectivity index (χ2v) is 5.95. The van der Waals surface area contributed by atoms with Crippen LogP contribution in [0.1, 0.15) is 30.4 Å². The maximum absolute atomic E-state index is 5.05. The molecule has 1 saturated heterocycles. The van der Waals surface area contributed by atoms with Crippen molar-refractivity contribution in [3.63, 3.8) is 0 Å². The number of guanidine groups is 1. The van der Waals surface area contributed by atoms with Crippen LogP contribution in [0.25, 0.3) is 0 Å². The molecule has 1 heterocycles. The number of nitrogens with one attached hydrogen (secondary N) is 2. The van der Waals surface area contributed by atoms with Gasteiger partial charge in [0.1, 0.15) is 0 Å². The number of rotatable bonds is 7. The standard InChI is InChI=1S/C18H30N4O.HI/c1-19-18(20-10-13-23-2)21-14-16-8-4-5-9-17(16)15-22-11-6-3-7-12-22;/h4-5,8-9H,3,6-7,10-15H2,1-2H3,(H2,19,20,21);1H. The maximum atomic E-state index is 5.05. The summed E-state index contributed by atoms with van der Waals surface area (Å²) in [6, 6.07) is 8.69. The molecule has 0 bridgehead atoms. The van der Waals surface area contributed by atoms with Crippen LogP contribution < -0.4 is 10.6 Å². The van der Waals surface area contributed by atoms with Crippen LogP contribution >= 0.6 is 24.0 Å². The lowest BCUT2D eigenvalue weighted by atomic mass is 10.0. The fourth-order valence-corrected chi connectivity index (χ4v) is 2.91. The summed E-state index contributed by atoms with van der Waals surface area (Å²) >= 11 is 0. The van der Waals surface area contributed by atoms with Gasteiger partial charge in [-0.1, -0.05) is 30.7 Å². The van der Waals surface area contributed by atoms with Crippen molar-refractivity contribution in [2.45, 2.75) is 32.4 Å². The topological polar surface area (TPSA) is 48.9 Å². The van der Waals surface area contributed by atoms with E-state index in [0.717, 1.165) is 25.6 Å². The lowest BCUT2D eigenvalue weighted by Crippen LogP contribution is -2.38. The van der Waals surface area contributed by atoms with Gasteiger partial charge < -0.3 is 15.4 Å². The molecule has 2 N–H and O–H groups in total. The number of methoxy groups -OCH3 is 1. The molecule has 0 spiro atoms. The zero-order valence-electron chi connectivity index (χ0n) is 14.9. The SMILES string of the molecule is CN=C(NCCOC)NCc1ccccc1CN1CCCCC1.I. The molecule has 0 aromatic heterocycles. The van der Waals surface area contributed by atoms with E-state index in [-0.39, 0.29) is 24.0 Å². The second kappa shape index (κ2) is 12.5. The van der Waals surface area contributed by atoms with Crippen LogP contribution in [-0.4, -0.2) is 51.3 Å². The van der Waals surface area contributed by atoms with Crippen molar-refractivity contribution in [3.05, 3.63) is 35.4 Å². The molecule has 5 nitrogen and oxygen atoms in total. The first kappa shape index (κ1) is 21.2. The monoisotopic (exact) mass is 446 g/mol. The zero-order chi connectivity index (χ0) is 16.3. The van der Waals surface area contributed by atoms with Crippen molar-refractivity contribution in [1.82, 2.24) is 15.5 Å². The molecule has 2 rings (SSSR count). The van der Waals surface area contributed by atoms with E-state index in [4.69, 9.17) is 4.74 Å². The summed E-state index contributed by atoms with van der Waals surface area (Å²) < 4.78 is 5.05. The van der Waals surface area contributed by atoms with Crippen molar-refractivity contribution in [2.75, 3.05) is 40.4 Å². The van der Waals surface area contributed by atoms with Crippen LogP contribution in [0.15, 0.2) is 29.3 Å².